The van der Waals surface area contributed by atoms with Gasteiger partial charge in [-0.15, -0.1) is 0 Å². The van der Waals surface area contributed by atoms with E-state index in [1.54, 1.807) is 19.1 Å². The number of nitrogens with one attached hydrogen (secondary N) is 1. The number of H-pyrrole nitrogens is 1. The molecule has 5 heteroatoms. The number of fused-ring (bicyclic) bond motifs is 1. The average Bonchev–Trinajstić information content (AvgIpc) is 3.05. The minimum atomic E-state index is -0.0662. The number of benzene rings is 2. The number of hydrogen-bond donors (Lipinski definition) is 1. The zero-order valence-electron chi connectivity index (χ0n) is 14.7. The minimum absolute atomic E-state index is 0.0662. The molecular formula is C20H22N2O3. The van der Waals surface area contributed by atoms with Gasteiger partial charge in [-0.1, -0.05) is 18.2 Å². The standard InChI is InChI=1S/C20H22N2O3/c1-14-6-4-5-7-19(14)25-11-10-22(2)20(23)18-12-15-8-9-16(24-3)13-17(15)21-18/h4-9,12-13,21H,10-11H2,1-3H3. The Morgan fingerprint density at radius 3 is 2.72 bits per heavy atom. The van der Waals surface area contributed by atoms with Crippen molar-refractivity contribution in [2.45, 2.75) is 6.92 Å². The van der Waals surface area contributed by atoms with E-state index in [4.69, 9.17) is 9.47 Å². The fourth-order valence-electron chi connectivity index (χ4n) is 2.67. The van der Waals surface area contributed by atoms with E-state index in [1.807, 2.05) is 55.5 Å². The third-order valence-corrected chi connectivity index (χ3v) is 4.18. The van der Waals surface area contributed by atoms with Crippen LogP contribution in [0.1, 0.15) is 16.1 Å². The highest BCUT2D eigenvalue weighted by Crippen LogP contribution is 2.22. The summed E-state index contributed by atoms with van der Waals surface area (Å²) in [5.41, 5.74) is 2.52. The predicted molar refractivity (Wildman–Crippen MR) is 98.5 cm³/mol. The van der Waals surface area contributed by atoms with Crippen LogP contribution in [-0.2, 0) is 0 Å². The van der Waals surface area contributed by atoms with Crippen LogP contribution in [0.25, 0.3) is 10.9 Å². The van der Waals surface area contributed by atoms with Crippen molar-refractivity contribution in [2.24, 2.45) is 0 Å². The Kier molecular flexibility index (Phi) is 4.93. The van der Waals surface area contributed by atoms with Gasteiger partial charge in [0.1, 0.15) is 23.8 Å². The quantitative estimate of drug-likeness (QED) is 0.747. The molecule has 1 N–H and O–H groups in total. The molecule has 1 aromatic heterocycles. The summed E-state index contributed by atoms with van der Waals surface area (Å²) >= 11 is 0. The van der Waals surface area contributed by atoms with Gasteiger partial charge in [0.05, 0.1) is 13.7 Å². The molecule has 0 fully saturated rings. The highest BCUT2D eigenvalue weighted by molar-refractivity contribution is 5.98. The van der Waals surface area contributed by atoms with Crippen LogP contribution in [-0.4, -0.2) is 43.1 Å². The van der Waals surface area contributed by atoms with Gasteiger partial charge in [0.2, 0.25) is 0 Å². The molecule has 0 bridgehead atoms. The van der Waals surface area contributed by atoms with E-state index >= 15 is 0 Å². The molecule has 0 saturated heterocycles. The summed E-state index contributed by atoms with van der Waals surface area (Å²) in [6.45, 7) is 2.95. The number of likely N-dealkylation sites (N-methyl/N-ethyl adjacent to an activating group) is 1. The van der Waals surface area contributed by atoms with Gasteiger partial charge in [0.25, 0.3) is 5.91 Å². The van der Waals surface area contributed by atoms with Crippen molar-refractivity contribution in [1.29, 1.82) is 0 Å². The maximum atomic E-state index is 12.6. The lowest BCUT2D eigenvalue weighted by molar-refractivity contribution is 0.0769. The van der Waals surface area contributed by atoms with Crippen LogP contribution < -0.4 is 9.47 Å². The molecule has 0 atom stereocenters. The van der Waals surface area contributed by atoms with Crippen LogP contribution in [0.15, 0.2) is 48.5 Å². The molecule has 3 aromatic rings. The zero-order valence-corrected chi connectivity index (χ0v) is 14.7. The Hall–Kier alpha value is -2.95. The van der Waals surface area contributed by atoms with Crippen LogP contribution in [0.4, 0.5) is 0 Å². The molecule has 130 valence electrons. The molecule has 1 amide bonds. The number of hydrogen-bond acceptors (Lipinski definition) is 3. The zero-order chi connectivity index (χ0) is 17.8. The second-order valence-corrected chi connectivity index (χ2v) is 5.98. The van der Waals surface area contributed by atoms with E-state index in [-0.39, 0.29) is 5.91 Å². The minimum Gasteiger partial charge on any atom is -0.497 e. The molecule has 0 radical (unpaired) electrons. The summed E-state index contributed by atoms with van der Waals surface area (Å²) in [6.07, 6.45) is 0. The molecular weight excluding hydrogens is 316 g/mol. The molecule has 0 saturated carbocycles. The number of aromatic nitrogens is 1. The number of methoxy groups -OCH3 is 1. The Balaban J connectivity index is 1.63. The number of rotatable bonds is 6. The smallest absolute Gasteiger partial charge is 0.270 e. The third-order valence-electron chi connectivity index (χ3n) is 4.18. The number of aromatic amines is 1. The molecule has 0 aliphatic carbocycles. The van der Waals surface area contributed by atoms with Gasteiger partial charge in [-0.3, -0.25) is 4.79 Å². The topological polar surface area (TPSA) is 54.6 Å². The highest BCUT2D eigenvalue weighted by Gasteiger charge is 2.15. The molecule has 1 heterocycles. The SMILES string of the molecule is COc1ccc2cc(C(=O)N(C)CCOc3ccccc3C)[nH]c2c1. The largest absolute Gasteiger partial charge is 0.497 e. The molecule has 2 aromatic carbocycles. The second kappa shape index (κ2) is 7.30. The second-order valence-electron chi connectivity index (χ2n) is 5.98. The van der Waals surface area contributed by atoms with Gasteiger partial charge in [-0.05, 0) is 36.8 Å². The lowest BCUT2D eigenvalue weighted by atomic mass is 10.2. The summed E-state index contributed by atoms with van der Waals surface area (Å²) in [5.74, 6) is 1.54. The van der Waals surface area contributed by atoms with Gasteiger partial charge >= 0.3 is 0 Å². The maximum absolute atomic E-state index is 12.6. The van der Waals surface area contributed by atoms with Gasteiger partial charge in [-0.25, -0.2) is 0 Å². The van der Waals surface area contributed by atoms with Crippen molar-refractivity contribution in [3.8, 4) is 11.5 Å². The fourth-order valence-corrected chi connectivity index (χ4v) is 2.67. The molecule has 5 nitrogen and oxygen atoms in total. The first-order valence-corrected chi connectivity index (χ1v) is 8.19. The average molecular weight is 338 g/mol. The van der Waals surface area contributed by atoms with E-state index in [0.717, 1.165) is 28.0 Å². The molecule has 0 aliphatic rings. The first kappa shape index (κ1) is 16.9. The number of amides is 1. The van der Waals surface area contributed by atoms with Gasteiger partial charge in [-0.2, -0.15) is 0 Å². The highest BCUT2D eigenvalue weighted by atomic mass is 16.5. The van der Waals surface area contributed by atoms with Crippen molar-refractivity contribution in [1.82, 2.24) is 9.88 Å². The van der Waals surface area contributed by atoms with Crippen molar-refractivity contribution < 1.29 is 14.3 Å². The molecule has 3 rings (SSSR count). The number of carbonyl (C=O) groups excluding carboxylic acids is 1. The van der Waals surface area contributed by atoms with E-state index < -0.39 is 0 Å². The molecule has 0 spiro atoms. The lowest BCUT2D eigenvalue weighted by Crippen LogP contribution is -2.31. The van der Waals surface area contributed by atoms with Crippen LogP contribution >= 0.6 is 0 Å². The summed E-state index contributed by atoms with van der Waals surface area (Å²) < 4.78 is 11.0. The van der Waals surface area contributed by atoms with Crippen LogP contribution in [0.3, 0.4) is 0 Å². The Morgan fingerprint density at radius 2 is 1.96 bits per heavy atom. The Labute approximate surface area is 147 Å². The van der Waals surface area contributed by atoms with Crippen LogP contribution in [0.2, 0.25) is 0 Å². The molecule has 25 heavy (non-hydrogen) atoms. The maximum Gasteiger partial charge on any atom is 0.270 e. The van der Waals surface area contributed by atoms with E-state index in [0.29, 0.717) is 18.8 Å². The van der Waals surface area contributed by atoms with Gasteiger partial charge < -0.3 is 19.4 Å². The normalized spacial score (nSPS) is 10.7. The van der Waals surface area contributed by atoms with E-state index in [1.165, 1.54) is 0 Å². The first-order chi connectivity index (χ1) is 12.1. The Morgan fingerprint density at radius 1 is 1.16 bits per heavy atom. The fraction of sp³-hybridized carbons (Fsp3) is 0.250. The number of ether oxygens (including phenoxy) is 2. The third kappa shape index (κ3) is 3.76. The van der Waals surface area contributed by atoms with Crippen molar-refractivity contribution in [3.63, 3.8) is 0 Å². The van der Waals surface area contributed by atoms with Gasteiger partial charge in [0, 0.05) is 24.0 Å². The Bertz CT molecular complexity index is 886. The van der Waals surface area contributed by atoms with Crippen molar-refractivity contribution in [3.05, 3.63) is 59.8 Å². The predicted octanol–water partition coefficient (Wildman–Crippen LogP) is 3.64. The van der Waals surface area contributed by atoms with E-state index in [2.05, 4.69) is 4.98 Å². The number of carbonyl (C=O) groups is 1. The number of para-hydroxylation sites is 1. The summed E-state index contributed by atoms with van der Waals surface area (Å²) in [4.78, 5) is 17.4. The first-order valence-electron chi connectivity index (χ1n) is 8.19. The monoisotopic (exact) mass is 338 g/mol. The van der Waals surface area contributed by atoms with E-state index in [9.17, 15) is 4.79 Å². The summed E-state index contributed by atoms with van der Waals surface area (Å²) in [6, 6.07) is 15.4. The van der Waals surface area contributed by atoms with Crippen molar-refractivity contribution >= 4 is 16.8 Å². The van der Waals surface area contributed by atoms with Gasteiger partial charge in [0.15, 0.2) is 0 Å². The van der Waals surface area contributed by atoms with Crippen LogP contribution in [0, 0.1) is 6.92 Å². The summed E-state index contributed by atoms with van der Waals surface area (Å²) in [5, 5.41) is 0.980. The summed E-state index contributed by atoms with van der Waals surface area (Å²) in [7, 11) is 3.40. The number of nitrogens with zero attached hydrogens (tertiary/aromatic N) is 1. The number of aryl methyl sites for hydroxylation is 1. The molecule has 0 aliphatic heterocycles. The lowest BCUT2D eigenvalue weighted by Gasteiger charge is -2.17. The molecule has 0 unspecified atom stereocenters. The van der Waals surface area contributed by atoms with Crippen LogP contribution in [0.5, 0.6) is 11.5 Å². The van der Waals surface area contributed by atoms with Crippen molar-refractivity contribution in [2.75, 3.05) is 27.3 Å².